The van der Waals surface area contributed by atoms with E-state index in [2.05, 4.69) is 5.32 Å². The lowest BCUT2D eigenvalue weighted by Gasteiger charge is -2.34. The average molecular weight is 405 g/mol. The van der Waals surface area contributed by atoms with Gasteiger partial charge in [0, 0.05) is 24.7 Å². The van der Waals surface area contributed by atoms with Gasteiger partial charge in [-0.2, -0.15) is 4.31 Å². The molecule has 1 N–H and O–H groups in total. The summed E-state index contributed by atoms with van der Waals surface area (Å²) in [4.78, 5) is 12.9. The molecule has 28 heavy (non-hydrogen) atoms. The maximum absolute atomic E-state index is 12.9. The predicted octanol–water partition coefficient (Wildman–Crippen LogP) is 2.72. The number of benzene rings is 1. The molecule has 152 valence electrons. The van der Waals surface area contributed by atoms with Gasteiger partial charge in [0.1, 0.15) is 0 Å². The van der Waals surface area contributed by atoms with Gasteiger partial charge in [-0.05, 0) is 81.0 Å². The predicted molar refractivity (Wildman–Crippen MR) is 105 cm³/mol. The molecule has 1 aromatic carbocycles. The molecular formula is C21H28N2O4S. The van der Waals surface area contributed by atoms with Crippen molar-refractivity contribution in [2.75, 3.05) is 18.4 Å². The minimum absolute atomic E-state index is 0.109. The second-order valence-electron chi connectivity index (χ2n) is 9.11. The monoisotopic (exact) mass is 404 g/mol. The first-order valence-corrected chi connectivity index (χ1v) is 11.8. The van der Waals surface area contributed by atoms with Crippen LogP contribution in [0.15, 0.2) is 29.2 Å². The van der Waals surface area contributed by atoms with Crippen molar-refractivity contribution in [3.63, 3.8) is 0 Å². The first kappa shape index (κ1) is 18.6. The van der Waals surface area contributed by atoms with Gasteiger partial charge in [0.25, 0.3) is 0 Å². The molecule has 6 atom stereocenters. The second kappa shape index (κ2) is 6.54. The Bertz CT molecular complexity index is 858. The van der Waals surface area contributed by atoms with Gasteiger partial charge < -0.3 is 10.1 Å². The third-order valence-corrected chi connectivity index (χ3v) is 9.03. The standard InChI is InChI=1S/C21H28N2O4S/c1-12-10-23(11-13(2)27-12)28(25,26)17-7-5-16(6-8-17)22-21(24)20-18-14-3-4-15(9-14)19(18)20/h5-8,12-15,18-20H,3-4,9-11H2,1-2H3,(H,22,24)/t12-,13-,14+,15+,18-,19-/m1/s1. The van der Waals surface area contributed by atoms with Crippen molar-refractivity contribution in [1.29, 1.82) is 0 Å². The van der Waals surface area contributed by atoms with Crippen LogP contribution in [-0.4, -0.2) is 43.9 Å². The number of ether oxygens (including phenoxy) is 1. The molecule has 3 saturated carbocycles. The van der Waals surface area contributed by atoms with Crippen LogP contribution in [0.3, 0.4) is 0 Å². The van der Waals surface area contributed by atoms with E-state index in [1.54, 1.807) is 24.3 Å². The number of morpholine rings is 1. The molecule has 1 aliphatic heterocycles. The number of hydrogen-bond acceptors (Lipinski definition) is 4. The summed E-state index contributed by atoms with van der Waals surface area (Å²) in [5.74, 6) is 3.00. The van der Waals surface area contributed by atoms with E-state index in [4.69, 9.17) is 4.74 Å². The minimum atomic E-state index is -3.56. The van der Waals surface area contributed by atoms with Gasteiger partial charge in [-0.1, -0.05) is 0 Å². The number of sulfonamides is 1. The van der Waals surface area contributed by atoms with Crippen LogP contribution >= 0.6 is 0 Å². The lowest BCUT2D eigenvalue weighted by atomic mass is 10.0. The van der Waals surface area contributed by atoms with Crippen LogP contribution in [0.2, 0.25) is 0 Å². The van der Waals surface area contributed by atoms with Gasteiger partial charge in [-0.25, -0.2) is 8.42 Å². The third kappa shape index (κ3) is 2.99. The molecule has 0 radical (unpaired) electrons. The molecule has 3 aliphatic carbocycles. The average Bonchev–Trinajstić information content (AvgIpc) is 3.09. The van der Waals surface area contributed by atoms with Crippen molar-refractivity contribution in [2.24, 2.45) is 29.6 Å². The Morgan fingerprint density at radius 3 is 2.18 bits per heavy atom. The number of carbonyl (C=O) groups excluding carboxylic acids is 1. The summed E-state index contributed by atoms with van der Waals surface area (Å²) in [6, 6.07) is 6.58. The van der Waals surface area contributed by atoms with Crippen LogP contribution in [-0.2, 0) is 19.6 Å². The van der Waals surface area contributed by atoms with Crippen molar-refractivity contribution in [3.05, 3.63) is 24.3 Å². The van der Waals surface area contributed by atoms with E-state index in [1.807, 2.05) is 13.8 Å². The molecule has 4 aliphatic rings. The van der Waals surface area contributed by atoms with Crippen molar-refractivity contribution < 1.29 is 17.9 Å². The van der Waals surface area contributed by atoms with E-state index in [0.29, 0.717) is 30.6 Å². The number of nitrogens with zero attached hydrogens (tertiary/aromatic N) is 1. The fourth-order valence-corrected chi connectivity index (χ4v) is 7.68. The van der Waals surface area contributed by atoms with Gasteiger partial charge >= 0.3 is 0 Å². The summed E-state index contributed by atoms with van der Waals surface area (Å²) in [6.45, 7) is 4.49. The normalized spacial score (nSPS) is 39.6. The Morgan fingerprint density at radius 1 is 1.04 bits per heavy atom. The van der Waals surface area contributed by atoms with E-state index >= 15 is 0 Å². The first-order chi connectivity index (χ1) is 13.3. The molecule has 0 unspecified atom stereocenters. The highest BCUT2D eigenvalue weighted by molar-refractivity contribution is 7.89. The summed E-state index contributed by atoms with van der Waals surface area (Å²) in [7, 11) is -3.56. The first-order valence-electron chi connectivity index (χ1n) is 10.4. The fraction of sp³-hybridized carbons (Fsp3) is 0.667. The van der Waals surface area contributed by atoms with Crippen LogP contribution < -0.4 is 5.32 Å². The van der Waals surface area contributed by atoms with Crippen LogP contribution in [0.5, 0.6) is 0 Å². The smallest absolute Gasteiger partial charge is 0.243 e. The zero-order chi connectivity index (χ0) is 19.6. The van der Waals surface area contributed by atoms with Gasteiger partial charge in [-0.15, -0.1) is 0 Å². The number of amides is 1. The maximum atomic E-state index is 12.9. The van der Waals surface area contributed by atoms with Crippen LogP contribution in [0.1, 0.15) is 33.1 Å². The molecule has 0 aromatic heterocycles. The number of rotatable bonds is 4. The molecule has 6 nitrogen and oxygen atoms in total. The van der Waals surface area contributed by atoms with E-state index < -0.39 is 10.0 Å². The lowest BCUT2D eigenvalue weighted by Crippen LogP contribution is -2.48. The van der Waals surface area contributed by atoms with E-state index in [-0.39, 0.29) is 28.9 Å². The van der Waals surface area contributed by atoms with Crippen LogP contribution in [0, 0.1) is 29.6 Å². The van der Waals surface area contributed by atoms with Gasteiger partial charge in [0.15, 0.2) is 0 Å². The Balaban J connectivity index is 1.25. The van der Waals surface area contributed by atoms with E-state index in [0.717, 1.165) is 11.8 Å². The zero-order valence-electron chi connectivity index (χ0n) is 16.4. The molecular weight excluding hydrogens is 376 g/mol. The van der Waals surface area contributed by atoms with E-state index in [1.165, 1.54) is 23.6 Å². The summed E-state index contributed by atoms with van der Waals surface area (Å²) in [5.41, 5.74) is 0.671. The number of anilines is 1. The SMILES string of the molecule is C[C@@H]1CN(S(=O)(=O)c2ccc(NC(=O)C3[C@@H]4[C@H]5CC[C@@H](C5)[C@@H]34)cc2)C[C@@H](C)O1. The van der Waals surface area contributed by atoms with Crippen molar-refractivity contribution in [3.8, 4) is 0 Å². The van der Waals surface area contributed by atoms with Crippen molar-refractivity contribution in [1.82, 2.24) is 4.31 Å². The van der Waals surface area contributed by atoms with E-state index in [9.17, 15) is 13.2 Å². The number of carbonyl (C=O) groups is 1. The summed E-state index contributed by atoms with van der Waals surface area (Å²) in [6.07, 6.45) is 3.67. The molecule has 1 saturated heterocycles. The molecule has 4 fully saturated rings. The minimum Gasteiger partial charge on any atom is -0.373 e. The maximum Gasteiger partial charge on any atom is 0.243 e. The van der Waals surface area contributed by atoms with Crippen molar-refractivity contribution in [2.45, 2.75) is 50.2 Å². The highest BCUT2D eigenvalue weighted by atomic mass is 32.2. The number of hydrogen-bond donors (Lipinski definition) is 1. The Labute approximate surface area is 166 Å². The molecule has 7 heteroatoms. The molecule has 0 spiro atoms. The third-order valence-electron chi connectivity index (χ3n) is 7.18. The van der Waals surface area contributed by atoms with Gasteiger partial charge in [0.2, 0.25) is 15.9 Å². The number of nitrogens with one attached hydrogen (secondary N) is 1. The Morgan fingerprint density at radius 2 is 1.61 bits per heavy atom. The topological polar surface area (TPSA) is 75.7 Å². The second-order valence-corrected chi connectivity index (χ2v) is 11.0. The molecule has 1 heterocycles. The Kier molecular flexibility index (Phi) is 4.34. The molecule has 5 rings (SSSR count). The highest BCUT2D eigenvalue weighted by Gasteiger charge is 2.67. The molecule has 1 amide bonds. The Hall–Kier alpha value is -1.44. The largest absolute Gasteiger partial charge is 0.373 e. The molecule has 1 aromatic rings. The summed E-state index contributed by atoms with van der Waals surface area (Å²) in [5, 5.41) is 3.01. The fourth-order valence-electron chi connectivity index (χ4n) is 6.09. The lowest BCUT2D eigenvalue weighted by molar-refractivity contribution is -0.118. The summed E-state index contributed by atoms with van der Waals surface area (Å²) < 4.78 is 33.0. The van der Waals surface area contributed by atoms with Crippen LogP contribution in [0.4, 0.5) is 5.69 Å². The van der Waals surface area contributed by atoms with Gasteiger partial charge in [-0.3, -0.25) is 4.79 Å². The summed E-state index contributed by atoms with van der Waals surface area (Å²) >= 11 is 0. The highest BCUT2D eigenvalue weighted by Crippen LogP contribution is 2.69. The zero-order valence-corrected chi connectivity index (χ0v) is 17.2. The quantitative estimate of drug-likeness (QED) is 0.837. The number of fused-ring (bicyclic) bond motifs is 5. The van der Waals surface area contributed by atoms with Crippen LogP contribution in [0.25, 0.3) is 0 Å². The molecule has 2 bridgehead atoms. The van der Waals surface area contributed by atoms with Crippen molar-refractivity contribution >= 4 is 21.6 Å². The van der Waals surface area contributed by atoms with Gasteiger partial charge in [0.05, 0.1) is 17.1 Å².